The molecule has 0 spiro atoms. The third-order valence-corrected chi connectivity index (χ3v) is 7.76. The normalized spacial score (nSPS) is 32.0. The van der Waals surface area contributed by atoms with Gasteiger partial charge in [-0.3, -0.25) is 4.79 Å². The fourth-order valence-corrected chi connectivity index (χ4v) is 6.98. The molecule has 0 unspecified atom stereocenters. The van der Waals surface area contributed by atoms with Gasteiger partial charge in [0.1, 0.15) is 0 Å². The van der Waals surface area contributed by atoms with E-state index in [0.29, 0.717) is 15.2 Å². The minimum Gasteiger partial charge on any atom is -0.301 e. The average Bonchev–Trinajstić information content (AvgIpc) is 3.01. The Morgan fingerprint density at radius 3 is 2.38 bits per heavy atom. The van der Waals surface area contributed by atoms with Gasteiger partial charge in [0.25, 0.3) is 0 Å². The molecular formula is C20H20Cl2N2OS. The number of rotatable bonds is 3. The summed E-state index contributed by atoms with van der Waals surface area (Å²) in [4.78, 5) is 17.7. The molecule has 26 heavy (non-hydrogen) atoms. The van der Waals surface area contributed by atoms with Crippen LogP contribution in [0.25, 0.3) is 11.3 Å². The van der Waals surface area contributed by atoms with Gasteiger partial charge in [0.2, 0.25) is 5.91 Å². The quantitative estimate of drug-likeness (QED) is 0.651. The molecule has 0 atom stereocenters. The molecule has 1 aromatic carbocycles. The molecule has 6 heteroatoms. The summed E-state index contributed by atoms with van der Waals surface area (Å²) in [5.74, 6) is 2.45. The van der Waals surface area contributed by atoms with Crippen LogP contribution < -0.4 is 5.32 Å². The van der Waals surface area contributed by atoms with Crippen molar-refractivity contribution in [1.29, 1.82) is 0 Å². The molecule has 4 aliphatic carbocycles. The van der Waals surface area contributed by atoms with Crippen LogP contribution in [0.3, 0.4) is 0 Å². The van der Waals surface area contributed by atoms with Crippen LogP contribution in [-0.4, -0.2) is 10.9 Å². The van der Waals surface area contributed by atoms with Crippen molar-refractivity contribution >= 4 is 45.6 Å². The zero-order valence-electron chi connectivity index (χ0n) is 14.3. The van der Waals surface area contributed by atoms with Gasteiger partial charge in [-0.2, -0.15) is 0 Å². The van der Waals surface area contributed by atoms with Crippen LogP contribution in [0.5, 0.6) is 0 Å². The Balaban J connectivity index is 1.36. The molecule has 0 radical (unpaired) electrons. The highest BCUT2D eigenvalue weighted by molar-refractivity contribution is 7.14. The van der Waals surface area contributed by atoms with E-state index in [1.807, 2.05) is 11.4 Å². The van der Waals surface area contributed by atoms with E-state index in [1.54, 1.807) is 12.1 Å². The summed E-state index contributed by atoms with van der Waals surface area (Å²) in [7, 11) is 0. The predicted octanol–water partition coefficient (Wildman–Crippen LogP) is 6.27. The number of hydrogen-bond donors (Lipinski definition) is 1. The number of halogens is 2. The first-order chi connectivity index (χ1) is 12.5. The number of thiazole rings is 1. The van der Waals surface area contributed by atoms with Crippen LogP contribution in [0.1, 0.15) is 38.5 Å². The summed E-state index contributed by atoms with van der Waals surface area (Å²) in [5.41, 5.74) is 1.46. The van der Waals surface area contributed by atoms with E-state index in [1.165, 1.54) is 30.6 Å². The van der Waals surface area contributed by atoms with Crippen molar-refractivity contribution in [3.63, 3.8) is 0 Å². The number of carbonyl (C=O) groups is 1. The van der Waals surface area contributed by atoms with Crippen LogP contribution in [0.15, 0.2) is 23.6 Å². The van der Waals surface area contributed by atoms with E-state index in [4.69, 9.17) is 23.2 Å². The van der Waals surface area contributed by atoms with E-state index in [-0.39, 0.29) is 11.3 Å². The minimum absolute atomic E-state index is 0.154. The lowest BCUT2D eigenvalue weighted by molar-refractivity contribution is -0.140. The van der Waals surface area contributed by atoms with Gasteiger partial charge in [-0.1, -0.05) is 23.2 Å². The van der Waals surface area contributed by atoms with Crippen LogP contribution in [0.2, 0.25) is 10.0 Å². The first-order valence-electron chi connectivity index (χ1n) is 9.23. The lowest BCUT2D eigenvalue weighted by Crippen LogP contribution is -2.51. The fourth-order valence-electron chi connectivity index (χ4n) is 5.77. The number of nitrogens with zero attached hydrogens (tertiary/aromatic N) is 1. The topological polar surface area (TPSA) is 42.0 Å². The standard InChI is InChI=1S/C20H20Cl2N2OS/c21-14-1-2-15(16(22)6-14)17-10-26-19(23-17)24-18(25)20-7-11-3-12(8-20)5-13(4-11)9-20/h1-2,6,10-13H,3-5,7-9H2,(H,23,24,25). The van der Waals surface area contributed by atoms with Crippen molar-refractivity contribution in [2.75, 3.05) is 5.32 Å². The summed E-state index contributed by atoms with van der Waals surface area (Å²) < 4.78 is 0. The Bertz CT molecular complexity index is 843. The maximum atomic E-state index is 13.1. The predicted molar refractivity (Wildman–Crippen MR) is 107 cm³/mol. The van der Waals surface area contributed by atoms with E-state index in [0.717, 1.165) is 48.3 Å². The van der Waals surface area contributed by atoms with Crippen molar-refractivity contribution < 1.29 is 4.79 Å². The number of benzene rings is 1. The van der Waals surface area contributed by atoms with Gasteiger partial charge in [0.15, 0.2) is 5.13 Å². The molecule has 3 nitrogen and oxygen atoms in total. The van der Waals surface area contributed by atoms with E-state index >= 15 is 0 Å². The van der Waals surface area contributed by atoms with E-state index < -0.39 is 0 Å². The van der Waals surface area contributed by atoms with Gasteiger partial charge in [-0.15, -0.1) is 11.3 Å². The van der Waals surface area contributed by atoms with Crippen molar-refractivity contribution in [1.82, 2.24) is 4.98 Å². The molecule has 6 rings (SSSR count). The molecule has 1 heterocycles. The van der Waals surface area contributed by atoms with Crippen molar-refractivity contribution in [2.45, 2.75) is 38.5 Å². The summed E-state index contributed by atoms with van der Waals surface area (Å²) in [6.07, 6.45) is 7.19. The average molecular weight is 407 g/mol. The molecule has 2 aromatic rings. The minimum atomic E-state index is -0.154. The molecule has 1 N–H and O–H groups in total. The van der Waals surface area contributed by atoms with Gasteiger partial charge in [0.05, 0.1) is 16.1 Å². The summed E-state index contributed by atoms with van der Waals surface area (Å²) in [5, 5.41) is 6.89. The Morgan fingerprint density at radius 1 is 1.12 bits per heavy atom. The maximum absolute atomic E-state index is 13.1. The third-order valence-electron chi connectivity index (χ3n) is 6.45. The van der Waals surface area contributed by atoms with Crippen molar-refractivity contribution in [3.05, 3.63) is 33.6 Å². The number of nitrogens with one attached hydrogen (secondary N) is 1. The number of carbonyl (C=O) groups excluding carboxylic acids is 1. The first-order valence-corrected chi connectivity index (χ1v) is 10.9. The second-order valence-corrected chi connectivity index (χ2v) is 10.0. The van der Waals surface area contributed by atoms with Crippen LogP contribution in [0.4, 0.5) is 5.13 Å². The zero-order valence-corrected chi connectivity index (χ0v) is 16.6. The lowest BCUT2D eigenvalue weighted by Gasteiger charge is -2.55. The SMILES string of the molecule is O=C(Nc1nc(-c2ccc(Cl)cc2Cl)cs1)C12CC3CC(CC(C3)C1)C2. The highest BCUT2D eigenvalue weighted by Crippen LogP contribution is 2.60. The number of amides is 1. The van der Waals surface area contributed by atoms with Crippen molar-refractivity contribution in [2.24, 2.45) is 23.2 Å². The summed E-state index contributed by atoms with van der Waals surface area (Å²) in [6, 6.07) is 5.38. The van der Waals surface area contributed by atoms with Crippen molar-refractivity contribution in [3.8, 4) is 11.3 Å². The molecule has 4 aliphatic rings. The molecule has 4 saturated carbocycles. The Labute approximate surface area is 167 Å². The van der Waals surface area contributed by atoms with Gasteiger partial charge in [-0.05, 0) is 74.5 Å². The first kappa shape index (κ1) is 17.0. The fraction of sp³-hybridized carbons (Fsp3) is 0.500. The molecule has 0 saturated heterocycles. The second-order valence-electron chi connectivity index (χ2n) is 8.31. The Hall–Kier alpha value is -1.10. The van der Waals surface area contributed by atoms with Crippen LogP contribution >= 0.6 is 34.5 Å². The summed E-state index contributed by atoms with van der Waals surface area (Å²) in [6.45, 7) is 0. The third kappa shape index (κ3) is 2.87. The van der Waals surface area contributed by atoms with Gasteiger partial charge in [-0.25, -0.2) is 4.98 Å². The van der Waals surface area contributed by atoms with Gasteiger partial charge < -0.3 is 5.32 Å². The van der Waals surface area contributed by atoms with Gasteiger partial charge in [0, 0.05) is 16.0 Å². The second kappa shape index (κ2) is 6.22. The Kier molecular flexibility index (Phi) is 4.07. The van der Waals surface area contributed by atoms with Crippen LogP contribution in [-0.2, 0) is 4.79 Å². The van der Waals surface area contributed by atoms with E-state index in [2.05, 4.69) is 10.3 Å². The zero-order chi connectivity index (χ0) is 17.9. The monoisotopic (exact) mass is 406 g/mol. The molecule has 1 amide bonds. The molecule has 4 fully saturated rings. The molecular weight excluding hydrogens is 387 g/mol. The highest BCUT2D eigenvalue weighted by Gasteiger charge is 2.54. The number of anilines is 1. The molecule has 0 aliphatic heterocycles. The molecule has 1 aromatic heterocycles. The van der Waals surface area contributed by atoms with Crippen LogP contribution in [0, 0.1) is 23.2 Å². The Morgan fingerprint density at radius 2 is 1.77 bits per heavy atom. The molecule has 136 valence electrons. The largest absolute Gasteiger partial charge is 0.301 e. The summed E-state index contributed by atoms with van der Waals surface area (Å²) >= 11 is 13.7. The van der Waals surface area contributed by atoms with E-state index in [9.17, 15) is 4.79 Å². The molecule has 4 bridgehead atoms. The highest BCUT2D eigenvalue weighted by atomic mass is 35.5. The lowest BCUT2D eigenvalue weighted by atomic mass is 9.49. The maximum Gasteiger partial charge on any atom is 0.232 e. The van der Waals surface area contributed by atoms with Gasteiger partial charge >= 0.3 is 0 Å². The number of aromatic nitrogens is 1. The number of hydrogen-bond acceptors (Lipinski definition) is 3. The smallest absolute Gasteiger partial charge is 0.232 e.